The van der Waals surface area contributed by atoms with Crippen LogP contribution in [0.2, 0.25) is 0 Å². The molecule has 1 heteroatoms. The Balaban J connectivity index is 4.11. The molecule has 0 fully saturated rings. The van der Waals surface area contributed by atoms with Gasteiger partial charge in [0.15, 0.2) is 0 Å². The number of hydrogen-bond donors (Lipinski definition) is 0. The van der Waals surface area contributed by atoms with E-state index in [1.165, 1.54) is 11.4 Å². The quantitative estimate of drug-likeness (QED) is 0.519. The topological polar surface area (TPSA) is 4.93 Å². The first-order valence-corrected chi connectivity index (χ1v) is 8.67. The zero-order valence-electron chi connectivity index (χ0n) is 17.4. The highest BCUT2D eigenvalue weighted by Gasteiger charge is 2.39. The van der Waals surface area contributed by atoms with Crippen LogP contribution in [-0.4, -0.2) is 4.57 Å². The first-order valence-electron chi connectivity index (χ1n) is 8.67. The van der Waals surface area contributed by atoms with Crippen LogP contribution in [0.3, 0.4) is 0 Å². The highest BCUT2D eigenvalue weighted by atomic mass is 15.1. The summed E-state index contributed by atoms with van der Waals surface area (Å²) < 4.78 is 2.61. The molecule has 0 saturated heterocycles. The predicted octanol–water partition coefficient (Wildman–Crippen LogP) is 6.44. The minimum Gasteiger partial charge on any atom is -0.343 e. The van der Waals surface area contributed by atoms with E-state index >= 15 is 0 Å². The molecular weight excluding hydrogens is 266 g/mol. The summed E-state index contributed by atoms with van der Waals surface area (Å²) in [5.74, 6) is 0. The van der Waals surface area contributed by atoms with Gasteiger partial charge in [-0.15, -0.1) is 0 Å². The summed E-state index contributed by atoms with van der Waals surface area (Å²) in [6.45, 7) is 30.5. The third kappa shape index (κ3) is 3.44. The van der Waals surface area contributed by atoms with Crippen LogP contribution < -0.4 is 0 Å². The number of nitrogens with zero attached hydrogens (tertiary/aromatic N) is 1. The minimum atomic E-state index is 0.0934. The van der Waals surface area contributed by atoms with E-state index in [9.17, 15) is 0 Å². The maximum Gasteiger partial charge on any atom is 0.0361 e. The summed E-state index contributed by atoms with van der Waals surface area (Å²) in [7, 11) is 0. The Bertz CT molecular complexity index is 494. The fourth-order valence-corrected chi connectivity index (χ4v) is 3.89. The molecule has 1 heterocycles. The molecule has 1 nitrogen and oxygen atoms in total. The van der Waals surface area contributed by atoms with Crippen molar-refractivity contribution in [3.8, 4) is 0 Å². The summed E-state index contributed by atoms with van der Waals surface area (Å²) in [4.78, 5) is 0. The molecule has 0 unspecified atom stereocenters. The fraction of sp³-hybridized carbons (Fsp3) is 0.810. The summed E-state index contributed by atoms with van der Waals surface area (Å²) in [6.07, 6.45) is 0. The van der Waals surface area contributed by atoms with Crippen LogP contribution in [0.4, 0.5) is 0 Å². The molecule has 0 radical (unpaired) electrons. The van der Waals surface area contributed by atoms with Crippen LogP contribution in [-0.2, 0) is 21.8 Å². The fourth-order valence-electron chi connectivity index (χ4n) is 3.89. The van der Waals surface area contributed by atoms with Gasteiger partial charge in [0.25, 0.3) is 0 Å². The van der Waals surface area contributed by atoms with Gasteiger partial charge in [0, 0.05) is 22.3 Å². The molecule has 0 atom stereocenters. The summed E-state index contributed by atoms with van der Waals surface area (Å²) in [5.41, 5.74) is 6.57. The highest BCUT2D eigenvalue weighted by molar-refractivity contribution is 5.49. The van der Waals surface area contributed by atoms with Gasteiger partial charge in [-0.1, -0.05) is 62.3 Å². The highest BCUT2D eigenvalue weighted by Crippen LogP contribution is 2.46. The molecule has 1 rings (SSSR count). The van der Waals surface area contributed by atoms with E-state index in [-0.39, 0.29) is 21.8 Å². The third-order valence-corrected chi connectivity index (χ3v) is 4.29. The predicted molar refractivity (Wildman–Crippen MR) is 100 cm³/mol. The van der Waals surface area contributed by atoms with E-state index in [1.54, 1.807) is 11.1 Å². The van der Waals surface area contributed by atoms with E-state index in [0.717, 1.165) is 0 Å². The Morgan fingerprint density at radius 2 is 0.909 bits per heavy atom. The molecule has 0 bridgehead atoms. The lowest BCUT2D eigenvalue weighted by Gasteiger charge is -2.35. The molecule has 22 heavy (non-hydrogen) atoms. The average Bonchev–Trinajstić information content (AvgIpc) is 2.48. The van der Waals surface area contributed by atoms with Crippen molar-refractivity contribution in [2.45, 2.75) is 112 Å². The molecule has 1 aromatic heterocycles. The van der Waals surface area contributed by atoms with Crippen LogP contribution in [0.15, 0.2) is 0 Å². The Morgan fingerprint density at radius 3 is 1.14 bits per heavy atom. The average molecular weight is 306 g/mol. The van der Waals surface area contributed by atoms with Crippen LogP contribution in [0.1, 0.15) is 106 Å². The van der Waals surface area contributed by atoms with Crippen molar-refractivity contribution in [3.05, 3.63) is 22.5 Å². The van der Waals surface area contributed by atoms with Crippen LogP contribution in [0.5, 0.6) is 0 Å². The molecule has 0 spiro atoms. The minimum absolute atomic E-state index is 0.0934. The van der Waals surface area contributed by atoms with Crippen molar-refractivity contribution >= 4 is 0 Å². The van der Waals surface area contributed by atoms with E-state index in [4.69, 9.17) is 0 Å². The van der Waals surface area contributed by atoms with Gasteiger partial charge in [-0.2, -0.15) is 0 Å². The lowest BCUT2D eigenvalue weighted by atomic mass is 9.72. The number of hydrogen-bond acceptors (Lipinski definition) is 0. The van der Waals surface area contributed by atoms with Crippen molar-refractivity contribution in [1.82, 2.24) is 4.57 Å². The van der Waals surface area contributed by atoms with Crippen molar-refractivity contribution in [1.29, 1.82) is 0 Å². The van der Waals surface area contributed by atoms with Gasteiger partial charge in [-0.3, -0.25) is 0 Å². The van der Waals surface area contributed by atoms with E-state index in [0.29, 0.717) is 0 Å². The largest absolute Gasteiger partial charge is 0.343 e. The molecule has 0 amide bonds. The van der Waals surface area contributed by atoms with E-state index in [1.807, 2.05) is 0 Å². The molecule has 0 aromatic carbocycles. The Morgan fingerprint density at radius 1 is 0.545 bits per heavy atom. The van der Waals surface area contributed by atoms with Gasteiger partial charge < -0.3 is 4.57 Å². The first-order chi connectivity index (χ1) is 9.40. The zero-order chi connectivity index (χ0) is 17.9. The van der Waals surface area contributed by atoms with Crippen molar-refractivity contribution in [2.75, 3.05) is 0 Å². The second-order valence-electron chi connectivity index (χ2n) is 10.9. The van der Waals surface area contributed by atoms with Crippen LogP contribution in [0.25, 0.3) is 0 Å². The Kier molecular flexibility index (Phi) is 4.52. The van der Waals surface area contributed by atoms with E-state index in [2.05, 4.69) is 94.6 Å². The number of aromatic nitrogens is 1. The van der Waals surface area contributed by atoms with Crippen LogP contribution in [0, 0.1) is 6.92 Å². The van der Waals surface area contributed by atoms with Gasteiger partial charge in [-0.05, 0) is 49.7 Å². The molecule has 0 aliphatic carbocycles. The molecule has 1 aromatic rings. The standard InChI is InChI=1S/C21H39N/c1-14-15(18(2,3)4)16(19(5,6)7)17(20(8,9)10)22(14)21(11,12)13/h1-13H3. The summed E-state index contributed by atoms with van der Waals surface area (Å²) in [6, 6.07) is 0. The van der Waals surface area contributed by atoms with E-state index < -0.39 is 0 Å². The second kappa shape index (κ2) is 5.14. The molecule has 0 aliphatic heterocycles. The van der Waals surface area contributed by atoms with Crippen molar-refractivity contribution in [3.63, 3.8) is 0 Å². The zero-order valence-corrected chi connectivity index (χ0v) is 17.4. The molecular formula is C21H39N. The third-order valence-electron chi connectivity index (χ3n) is 4.29. The van der Waals surface area contributed by atoms with Crippen LogP contribution >= 0.6 is 0 Å². The van der Waals surface area contributed by atoms with Gasteiger partial charge in [0.2, 0.25) is 0 Å². The van der Waals surface area contributed by atoms with Gasteiger partial charge in [-0.25, -0.2) is 0 Å². The molecule has 0 aliphatic rings. The number of rotatable bonds is 0. The Labute approximate surface area is 139 Å². The van der Waals surface area contributed by atoms with Gasteiger partial charge in [0.1, 0.15) is 0 Å². The maximum absolute atomic E-state index is 2.61. The SMILES string of the molecule is Cc1c(C(C)(C)C)c(C(C)(C)C)c(C(C)(C)C)n1C(C)(C)C. The maximum atomic E-state index is 2.61. The van der Waals surface area contributed by atoms with Crippen molar-refractivity contribution < 1.29 is 0 Å². The smallest absolute Gasteiger partial charge is 0.0361 e. The lowest BCUT2D eigenvalue weighted by molar-refractivity contribution is 0.348. The monoisotopic (exact) mass is 305 g/mol. The Hall–Kier alpha value is -0.720. The van der Waals surface area contributed by atoms with Crippen molar-refractivity contribution in [2.24, 2.45) is 0 Å². The molecule has 0 saturated carbocycles. The second-order valence-corrected chi connectivity index (χ2v) is 10.9. The first kappa shape index (κ1) is 19.3. The van der Waals surface area contributed by atoms with Gasteiger partial charge in [0.05, 0.1) is 0 Å². The van der Waals surface area contributed by atoms with Gasteiger partial charge >= 0.3 is 0 Å². The molecule has 0 N–H and O–H groups in total. The summed E-state index contributed by atoms with van der Waals surface area (Å²) in [5, 5.41) is 0. The lowest BCUT2D eigenvalue weighted by Crippen LogP contribution is -2.32. The molecule has 128 valence electrons. The normalized spacial score (nSPS) is 14.6. The summed E-state index contributed by atoms with van der Waals surface area (Å²) >= 11 is 0.